The predicted octanol–water partition coefficient (Wildman–Crippen LogP) is 3.95. The van der Waals surface area contributed by atoms with Crippen molar-refractivity contribution in [3.63, 3.8) is 0 Å². The van der Waals surface area contributed by atoms with Crippen LogP contribution in [0.3, 0.4) is 0 Å². The molecule has 3 N–H and O–H groups in total. The van der Waals surface area contributed by atoms with E-state index in [0.717, 1.165) is 22.8 Å². The van der Waals surface area contributed by atoms with Crippen LogP contribution in [-0.4, -0.2) is 32.4 Å². The van der Waals surface area contributed by atoms with Crippen molar-refractivity contribution in [1.82, 2.24) is 25.4 Å². The van der Waals surface area contributed by atoms with Crippen LogP contribution in [0.1, 0.15) is 68.2 Å². The van der Waals surface area contributed by atoms with Gasteiger partial charge in [0.1, 0.15) is 12.4 Å². The Balaban J connectivity index is 1.71. The third kappa shape index (κ3) is 6.65. The molecule has 3 rings (SSSR count). The quantitative estimate of drug-likeness (QED) is 0.376. The molecule has 33 heavy (non-hydrogen) atoms. The minimum Gasteiger partial charge on any atom is -0.387 e. The van der Waals surface area contributed by atoms with Crippen molar-refractivity contribution in [3.8, 4) is 0 Å². The molecular weight excluding hydrogens is 412 g/mol. The third-order valence-electron chi connectivity index (χ3n) is 5.84. The number of nitrogens with one attached hydrogen (secondary N) is 2. The molecule has 0 aliphatic heterocycles. The van der Waals surface area contributed by atoms with Gasteiger partial charge in [0.2, 0.25) is 0 Å². The van der Waals surface area contributed by atoms with E-state index < -0.39 is 6.10 Å². The van der Waals surface area contributed by atoms with E-state index in [9.17, 15) is 5.11 Å². The molecule has 7 nitrogen and oxygen atoms in total. The largest absolute Gasteiger partial charge is 0.387 e. The lowest BCUT2D eigenvalue weighted by Gasteiger charge is -2.22. The first-order valence-corrected chi connectivity index (χ1v) is 11.4. The highest BCUT2D eigenvalue weighted by atomic mass is 16.3. The van der Waals surface area contributed by atoms with Crippen LogP contribution in [0.4, 0.5) is 0 Å². The molecule has 0 aliphatic carbocycles. The van der Waals surface area contributed by atoms with Crippen LogP contribution in [-0.2, 0) is 19.0 Å². The van der Waals surface area contributed by atoms with E-state index in [1.54, 1.807) is 0 Å². The molecule has 0 amide bonds. The van der Waals surface area contributed by atoms with E-state index in [4.69, 9.17) is 4.99 Å². The van der Waals surface area contributed by atoms with Gasteiger partial charge in [0.05, 0.1) is 12.1 Å². The monoisotopic (exact) mass is 448 g/mol. The summed E-state index contributed by atoms with van der Waals surface area (Å²) in [4.78, 5) is 4.71. The molecule has 0 aliphatic rings. The average Bonchev–Trinajstić information content (AvgIpc) is 3.12. The van der Waals surface area contributed by atoms with E-state index in [-0.39, 0.29) is 11.5 Å². The fourth-order valence-electron chi connectivity index (χ4n) is 3.44. The summed E-state index contributed by atoms with van der Waals surface area (Å²) in [5, 5.41) is 25.8. The maximum atomic E-state index is 10.8. The van der Waals surface area contributed by atoms with Crippen LogP contribution in [0.25, 0.3) is 0 Å². The number of aliphatic imine (C=N–C) groups is 1. The number of nitrogens with zero attached hydrogens (tertiary/aromatic N) is 4. The van der Waals surface area contributed by atoms with E-state index >= 15 is 0 Å². The Morgan fingerprint density at radius 1 is 1.03 bits per heavy atom. The molecule has 0 fully saturated rings. The fraction of sp³-hybridized carbons (Fsp3) is 0.423. The van der Waals surface area contributed by atoms with Gasteiger partial charge < -0.3 is 20.3 Å². The van der Waals surface area contributed by atoms with Gasteiger partial charge in [0.15, 0.2) is 11.8 Å². The Hall–Kier alpha value is -3.19. The number of rotatable bonds is 7. The van der Waals surface area contributed by atoms with Crippen molar-refractivity contribution in [2.75, 3.05) is 6.54 Å². The van der Waals surface area contributed by atoms with Crippen LogP contribution in [0, 0.1) is 6.92 Å². The Morgan fingerprint density at radius 2 is 1.70 bits per heavy atom. The molecule has 176 valence electrons. The van der Waals surface area contributed by atoms with E-state index in [0.29, 0.717) is 19.0 Å². The molecule has 0 saturated heterocycles. The molecular formula is C26H36N6O. The average molecular weight is 449 g/mol. The number of aryl methyl sites for hydroxylation is 1. The van der Waals surface area contributed by atoms with E-state index in [2.05, 4.69) is 72.8 Å². The Labute approximate surface area is 197 Å². The zero-order valence-electron chi connectivity index (χ0n) is 20.5. The van der Waals surface area contributed by atoms with E-state index in [1.165, 1.54) is 5.56 Å². The van der Waals surface area contributed by atoms with Gasteiger partial charge in [0.25, 0.3) is 0 Å². The van der Waals surface area contributed by atoms with Crippen LogP contribution in [0.2, 0.25) is 0 Å². The summed E-state index contributed by atoms with van der Waals surface area (Å²) >= 11 is 0. The van der Waals surface area contributed by atoms with Gasteiger partial charge in [-0.05, 0) is 36.0 Å². The Kier molecular flexibility index (Phi) is 7.87. The second-order valence-electron chi connectivity index (χ2n) is 9.43. The van der Waals surface area contributed by atoms with Crippen molar-refractivity contribution in [2.45, 2.75) is 58.7 Å². The van der Waals surface area contributed by atoms with Gasteiger partial charge in [-0.1, -0.05) is 75.4 Å². The molecule has 0 spiro atoms. The SMILES string of the molecule is Cc1nnc(CN=C(NCC(O)c2ccc(C(C)(C)C)cc2)NC(C)c2ccccc2)n1C. The normalized spacial score (nSPS) is 14.1. The first-order valence-electron chi connectivity index (χ1n) is 11.4. The lowest BCUT2D eigenvalue weighted by atomic mass is 9.86. The summed E-state index contributed by atoms with van der Waals surface area (Å²) in [6.07, 6.45) is -0.657. The van der Waals surface area contributed by atoms with Crippen molar-refractivity contribution in [1.29, 1.82) is 0 Å². The van der Waals surface area contributed by atoms with Gasteiger partial charge in [-0.25, -0.2) is 4.99 Å². The molecule has 2 aromatic carbocycles. The summed E-state index contributed by atoms with van der Waals surface area (Å²) < 4.78 is 1.92. The topological polar surface area (TPSA) is 87.4 Å². The molecule has 2 atom stereocenters. The van der Waals surface area contributed by atoms with Gasteiger partial charge in [-0.2, -0.15) is 0 Å². The van der Waals surface area contributed by atoms with Crippen molar-refractivity contribution < 1.29 is 5.11 Å². The summed E-state index contributed by atoms with van der Waals surface area (Å²) in [6, 6.07) is 18.4. The van der Waals surface area contributed by atoms with Crippen LogP contribution in [0.15, 0.2) is 59.6 Å². The summed E-state index contributed by atoms with van der Waals surface area (Å²) in [5.41, 5.74) is 3.35. The molecule has 1 aromatic heterocycles. The van der Waals surface area contributed by atoms with Gasteiger partial charge in [-0.15, -0.1) is 10.2 Å². The summed E-state index contributed by atoms with van der Waals surface area (Å²) in [5.74, 6) is 2.23. The number of aliphatic hydroxyl groups excluding tert-OH is 1. The predicted molar refractivity (Wildman–Crippen MR) is 133 cm³/mol. The molecule has 7 heteroatoms. The maximum Gasteiger partial charge on any atom is 0.192 e. The summed E-state index contributed by atoms with van der Waals surface area (Å²) in [6.45, 7) is 11.3. The fourth-order valence-corrected chi connectivity index (χ4v) is 3.44. The maximum absolute atomic E-state index is 10.8. The van der Waals surface area contributed by atoms with Crippen LogP contribution >= 0.6 is 0 Å². The molecule has 0 bridgehead atoms. The number of aliphatic hydroxyl groups is 1. The van der Waals surface area contributed by atoms with Crippen molar-refractivity contribution >= 4 is 5.96 Å². The second kappa shape index (κ2) is 10.6. The molecule has 0 saturated carbocycles. The minimum absolute atomic E-state index is 0.0434. The zero-order chi connectivity index (χ0) is 24.0. The number of guanidine groups is 1. The van der Waals surface area contributed by atoms with Gasteiger partial charge >= 0.3 is 0 Å². The molecule has 0 radical (unpaired) electrons. The summed E-state index contributed by atoms with van der Waals surface area (Å²) in [7, 11) is 1.93. The number of aromatic nitrogens is 3. The Morgan fingerprint density at radius 3 is 2.27 bits per heavy atom. The third-order valence-corrected chi connectivity index (χ3v) is 5.84. The highest BCUT2D eigenvalue weighted by Gasteiger charge is 2.16. The number of hydrogen-bond acceptors (Lipinski definition) is 4. The van der Waals surface area contributed by atoms with E-state index in [1.807, 2.05) is 48.9 Å². The standard InChI is InChI=1S/C26H36N6O/c1-18(20-10-8-7-9-11-20)29-25(28-17-24-31-30-19(2)32(24)6)27-16-23(33)21-12-14-22(15-13-21)26(3,4)5/h7-15,18,23,33H,16-17H2,1-6H3,(H2,27,28,29). The van der Waals surface area contributed by atoms with Crippen molar-refractivity contribution in [2.24, 2.45) is 12.0 Å². The van der Waals surface area contributed by atoms with Crippen LogP contribution < -0.4 is 10.6 Å². The first kappa shape index (κ1) is 24.5. The van der Waals surface area contributed by atoms with Gasteiger partial charge in [-0.3, -0.25) is 0 Å². The number of hydrogen-bond donors (Lipinski definition) is 3. The first-order chi connectivity index (χ1) is 15.6. The lowest BCUT2D eigenvalue weighted by molar-refractivity contribution is 0.180. The van der Waals surface area contributed by atoms with Crippen LogP contribution in [0.5, 0.6) is 0 Å². The highest BCUT2D eigenvalue weighted by Crippen LogP contribution is 2.23. The second-order valence-corrected chi connectivity index (χ2v) is 9.43. The van der Waals surface area contributed by atoms with Crippen molar-refractivity contribution in [3.05, 3.63) is 82.9 Å². The highest BCUT2D eigenvalue weighted by molar-refractivity contribution is 5.80. The lowest BCUT2D eigenvalue weighted by Crippen LogP contribution is -2.40. The van der Waals surface area contributed by atoms with Gasteiger partial charge in [0, 0.05) is 13.6 Å². The smallest absolute Gasteiger partial charge is 0.192 e. The molecule has 1 heterocycles. The number of benzene rings is 2. The Bertz CT molecular complexity index is 1050. The minimum atomic E-state index is -0.657. The molecule has 2 unspecified atom stereocenters. The zero-order valence-corrected chi connectivity index (χ0v) is 20.5. The molecule has 3 aromatic rings.